The highest BCUT2D eigenvalue weighted by molar-refractivity contribution is 9.10. The Balaban J connectivity index is 2.04. The summed E-state index contributed by atoms with van der Waals surface area (Å²) in [5.74, 6) is -0.811. The lowest BCUT2D eigenvalue weighted by molar-refractivity contribution is -0.140. The Labute approximate surface area is 240 Å². The molecule has 0 spiro atoms. The highest BCUT2D eigenvalue weighted by atomic mass is 79.9. The van der Waals surface area contributed by atoms with Crippen molar-refractivity contribution in [1.29, 1.82) is 0 Å². The van der Waals surface area contributed by atoms with Crippen molar-refractivity contribution in [2.24, 2.45) is 0 Å². The van der Waals surface area contributed by atoms with Crippen LogP contribution in [-0.2, 0) is 26.2 Å². The molecule has 0 aliphatic rings. The third-order valence-electron chi connectivity index (χ3n) is 6.27. The first-order valence-electron chi connectivity index (χ1n) is 12.7. The molecule has 9 heteroatoms. The molecular formula is C30H36BrN3O4S. The van der Waals surface area contributed by atoms with E-state index in [1.54, 1.807) is 43.3 Å². The minimum atomic E-state index is -4.10. The van der Waals surface area contributed by atoms with Gasteiger partial charge in [-0.1, -0.05) is 57.9 Å². The second-order valence-electron chi connectivity index (χ2n) is 10.7. The van der Waals surface area contributed by atoms with Crippen molar-refractivity contribution in [2.75, 3.05) is 10.8 Å². The molecular weight excluding hydrogens is 578 g/mol. The molecule has 0 aromatic heterocycles. The van der Waals surface area contributed by atoms with Crippen LogP contribution in [0.3, 0.4) is 0 Å². The summed E-state index contributed by atoms with van der Waals surface area (Å²) < 4.78 is 29.6. The molecule has 3 aromatic carbocycles. The van der Waals surface area contributed by atoms with E-state index in [2.05, 4.69) is 21.2 Å². The number of sulfonamides is 1. The maximum atomic E-state index is 14.0. The van der Waals surface area contributed by atoms with Gasteiger partial charge in [-0.15, -0.1) is 0 Å². The standard InChI is InChI=1S/C30H36BrN3O4S/c1-21-11-17-27(18-12-21)39(37,38)34(26-15-13-25(31)14-16-26)20-28(35)33(19-24-10-8-7-9-22(24)2)23(3)29(36)32-30(4,5)6/h7-18,23H,19-20H2,1-6H3,(H,32,36). The monoisotopic (exact) mass is 613 g/mol. The molecule has 39 heavy (non-hydrogen) atoms. The van der Waals surface area contributed by atoms with Crippen LogP contribution in [0.15, 0.2) is 82.2 Å². The Morgan fingerprint density at radius 2 is 1.51 bits per heavy atom. The summed E-state index contributed by atoms with van der Waals surface area (Å²) in [6.45, 7) is 10.8. The van der Waals surface area contributed by atoms with Gasteiger partial charge in [0, 0.05) is 16.6 Å². The van der Waals surface area contributed by atoms with Crippen molar-refractivity contribution < 1.29 is 18.0 Å². The number of anilines is 1. The van der Waals surface area contributed by atoms with Crippen LogP contribution in [0.25, 0.3) is 0 Å². The number of nitrogens with one attached hydrogen (secondary N) is 1. The number of carbonyl (C=O) groups excluding carboxylic acids is 2. The summed E-state index contributed by atoms with van der Waals surface area (Å²) in [5, 5.41) is 2.94. The number of rotatable bonds is 9. The third kappa shape index (κ3) is 7.92. The molecule has 0 heterocycles. The van der Waals surface area contributed by atoms with E-state index in [-0.39, 0.29) is 17.3 Å². The molecule has 0 fully saturated rings. The van der Waals surface area contributed by atoms with Crippen molar-refractivity contribution in [2.45, 2.75) is 64.6 Å². The Morgan fingerprint density at radius 3 is 2.08 bits per heavy atom. The molecule has 1 atom stereocenters. The van der Waals surface area contributed by atoms with Crippen LogP contribution >= 0.6 is 15.9 Å². The van der Waals surface area contributed by atoms with E-state index in [1.807, 2.05) is 58.9 Å². The number of amides is 2. The van der Waals surface area contributed by atoms with Gasteiger partial charge in [-0.2, -0.15) is 0 Å². The number of halogens is 1. The van der Waals surface area contributed by atoms with Gasteiger partial charge in [-0.3, -0.25) is 13.9 Å². The molecule has 0 radical (unpaired) electrons. The molecule has 0 saturated heterocycles. The molecule has 1 N–H and O–H groups in total. The van der Waals surface area contributed by atoms with E-state index >= 15 is 0 Å². The van der Waals surface area contributed by atoms with Gasteiger partial charge in [-0.05, 0) is 89.1 Å². The van der Waals surface area contributed by atoms with E-state index in [9.17, 15) is 18.0 Å². The minimum absolute atomic E-state index is 0.0767. The molecule has 0 saturated carbocycles. The second-order valence-corrected chi connectivity index (χ2v) is 13.4. The van der Waals surface area contributed by atoms with Crippen molar-refractivity contribution in [1.82, 2.24) is 10.2 Å². The van der Waals surface area contributed by atoms with Crippen LogP contribution < -0.4 is 9.62 Å². The number of hydrogen-bond donors (Lipinski definition) is 1. The van der Waals surface area contributed by atoms with Gasteiger partial charge in [0.1, 0.15) is 12.6 Å². The predicted octanol–water partition coefficient (Wildman–Crippen LogP) is 5.59. The van der Waals surface area contributed by atoms with E-state index in [4.69, 9.17) is 0 Å². The molecule has 3 rings (SSSR count). The normalized spacial score (nSPS) is 12.5. The fourth-order valence-corrected chi connectivity index (χ4v) is 5.68. The van der Waals surface area contributed by atoms with Crippen molar-refractivity contribution in [3.63, 3.8) is 0 Å². The number of nitrogens with zero attached hydrogens (tertiary/aromatic N) is 2. The predicted molar refractivity (Wildman–Crippen MR) is 159 cm³/mol. The van der Waals surface area contributed by atoms with Crippen LogP contribution in [0.4, 0.5) is 5.69 Å². The SMILES string of the molecule is Cc1ccc(S(=O)(=O)N(CC(=O)N(Cc2ccccc2C)C(C)C(=O)NC(C)(C)C)c2ccc(Br)cc2)cc1. The molecule has 0 aliphatic heterocycles. The fourth-order valence-electron chi connectivity index (χ4n) is 4.00. The third-order valence-corrected chi connectivity index (χ3v) is 8.59. The zero-order valence-electron chi connectivity index (χ0n) is 23.2. The maximum Gasteiger partial charge on any atom is 0.264 e. The first-order chi connectivity index (χ1) is 18.2. The van der Waals surface area contributed by atoms with Gasteiger partial charge in [0.2, 0.25) is 11.8 Å². The van der Waals surface area contributed by atoms with Crippen LogP contribution in [0.5, 0.6) is 0 Å². The molecule has 0 bridgehead atoms. The average molecular weight is 615 g/mol. The Bertz CT molecular complexity index is 1420. The smallest absolute Gasteiger partial charge is 0.264 e. The number of aryl methyl sites for hydroxylation is 2. The van der Waals surface area contributed by atoms with Crippen LogP contribution in [0, 0.1) is 13.8 Å². The van der Waals surface area contributed by atoms with Gasteiger partial charge in [0.25, 0.3) is 10.0 Å². The first kappa shape index (κ1) is 30.4. The van der Waals surface area contributed by atoms with E-state index in [1.165, 1.54) is 17.0 Å². The highest BCUT2D eigenvalue weighted by Gasteiger charge is 2.33. The van der Waals surface area contributed by atoms with Gasteiger partial charge in [-0.25, -0.2) is 8.42 Å². The van der Waals surface area contributed by atoms with Crippen LogP contribution in [0.1, 0.15) is 44.4 Å². The summed E-state index contributed by atoms with van der Waals surface area (Å²) in [7, 11) is -4.10. The molecule has 3 aromatic rings. The second kappa shape index (κ2) is 12.3. The Morgan fingerprint density at radius 1 is 0.923 bits per heavy atom. The van der Waals surface area contributed by atoms with Gasteiger partial charge in [0.15, 0.2) is 0 Å². The maximum absolute atomic E-state index is 14.0. The molecule has 0 aliphatic carbocycles. The largest absolute Gasteiger partial charge is 0.350 e. The zero-order valence-corrected chi connectivity index (χ0v) is 25.6. The van der Waals surface area contributed by atoms with E-state index in [0.717, 1.165) is 25.5 Å². The molecule has 2 amide bonds. The topological polar surface area (TPSA) is 86.8 Å². The Hall–Kier alpha value is -3.17. The highest BCUT2D eigenvalue weighted by Crippen LogP contribution is 2.26. The lowest BCUT2D eigenvalue weighted by atomic mass is 10.1. The average Bonchev–Trinajstić information content (AvgIpc) is 2.86. The fraction of sp³-hybridized carbons (Fsp3) is 0.333. The van der Waals surface area contributed by atoms with Crippen LogP contribution in [-0.4, -0.2) is 43.3 Å². The lowest BCUT2D eigenvalue weighted by Gasteiger charge is -2.33. The van der Waals surface area contributed by atoms with Gasteiger partial charge >= 0.3 is 0 Å². The molecule has 7 nitrogen and oxygen atoms in total. The Kier molecular flexibility index (Phi) is 9.61. The first-order valence-corrected chi connectivity index (χ1v) is 14.9. The summed E-state index contributed by atoms with van der Waals surface area (Å²) in [4.78, 5) is 28.7. The zero-order chi connectivity index (χ0) is 29.0. The quantitative estimate of drug-likeness (QED) is 0.341. The van der Waals surface area contributed by atoms with E-state index in [0.29, 0.717) is 5.69 Å². The summed E-state index contributed by atoms with van der Waals surface area (Å²) >= 11 is 3.39. The number of benzene rings is 3. The molecule has 1 unspecified atom stereocenters. The summed E-state index contributed by atoms with van der Waals surface area (Å²) in [5.41, 5.74) is 2.60. The van der Waals surface area contributed by atoms with Gasteiger partial charge < -0.3 is 10.2 Å². The lowest BCUT2D eigenvalue weighted by Crippen LogP contribution is -2.54. The minimum Gasteiger partial charge on any atom is -0.350 e. The summed E-state index contributed by atoms with van der Waals surface area (Å²) in [6.07, 6.45) is 0. The van der Waals surface area contributed by atoms with Crippen molar-refractivity contribution in [3.8, 4) is 0 Å². The summed E-state index contributed by atoms with van der Waals surface area (Å²) in [6, 6.07) is 20.0. The van der Waals surface area contributed by atoms with E-state index < -0.39 is 34.1 Å². The number of carbonyl (C=O) groups is 2. The number of hydrogen-bond acceptors (Lipinski definition) is 4. The van der Waals surface area contributed by atoms with Gasteiger partial charge in [0.05, 0.1) is 10.6 Å². The molecule has 208 valence electrons. The van der Waals surface area contributed by atoms with Crippen molar-refractivity contribution in [3.05, 3.63) is 94.0 Å². The van der Waals surface area contributed by atoms with Crippen LogP contribution in [0.2, 0.25) is 0 Å². The van der Waals surface area contributed by atoms with Crippen molar-refractivity contribution >= 4 is 43.5 Å².